The maximum Gasteiger partial charge on any atom is 0.0416 e. The topological polar surface area (TPSA) is 42.2 Å². The number of pyridine rings is 1. The summed E-state index contributed by atoms with van der Waals surface area (Å²) in [6, 6.07) is 6.05. The van der Waals surface area contributed by atoms with Crippen molar-refractivity contribution in [3.8, 4) is 0 Å². The van der Waals surface area contributed by atoms with Gasteiger partial charge < -0.3 is 10.6 Å². The molecule has 0 aliphatic heterocycles. The standard InChI is InChI=1S/C13H23N3/c1-13(2,14)8-11-16(3)10-7-12-6-4-5-9-15-12/h4-6,9H,7-8,10-11,14H2,1-3H3. The molecule has 16 heavy (non-hydrogen) atoms. The summed E-state index contributed by atoms with van der Waals surface area (Å²) in [7, 11) is 2.13. The summed E-state index contributed by atoms with van der Waals surface area (Å²) >= 11 is 0. The minimum Gasteiger partial charge on any atom is -0.326 e. The Morgan fingerprint density at radius 3 is 2.62 bits per heavy atom. The molecule has 0 fully saturated rings. The second-order valence-corrected chi connectivity index (χ2v) is 5.11. The van der Waals surface area contributed by atoms with E-state index in [2.05, 4.69) is 36.8 Å². The highest BCUT2D eigenvalue weighted by Gasteiger charge is 2.11. The van der Waals surface area contributed by atoms with Crippen molar-refractivity contribution in [3.63, 3.8) is 0 Å². The fourth-order valence-corrected chi connectivity index (χ4v) is 1.44. The number of nitrogens with zero attached hydrogens (tertiary/aromatic N) is 2. The summed E-state index contributed by atoms with van der Waals surface area (Å²) in [5.74, 6) is 0. The van der Waals surface area contributed by atoms with Crippen LogP contribution in [0.4, 0.5) is 0 Å². The molecule has 1 heterocycles. The van der Waals surface area contributed by atoms with Crippen LogP contribution in [0, 0.1) is 0 Å². The molecule has 0 unspecified atom stereocenters. The van der Waals surface area contributed by atoms with E-state index < -0.39 is 0 Å². The Morgan fingerprint density at radius 1 is 1.31 bits per heavy atom. The highest BCUT2D eigenvalue weighted by Crippen LogP contribution is 2.04. The minimum absolute atomic E-state index is 0.0702. The first kappa shape index (κ1) is 13.1. The molecular formula is C13H23N3. The van der Waals surface area contributed by atoms with Gasteiger partial charge in [0.1, 0.15) is 0 Å². The van der Waals surface area contributed by atoms with Gasteiger partial charge >= 0.3 is 0 Å². The minimum atomic E-state index is -0.0702. The molecule has 90 valence electrons. The van der Waals surface area contributed by atoms with E-state index in [0.717, 1.165) is 31.6 Å². The first-order valence-corrected chi connectivity index (χ1v) is 5.85. The molecule has 2 N–H and O–H groups in total. The molecule has 3 nitrogen and oxygen atoms in total. The molecule has 0 aromatic carbocycles. The first-order valence-electron chi connectivity index (χ1n) is 5.85. The van der Waals surface area contributed by atoms with E-state index >= 15 is 0 Å². The van der Waals surface area contributed by atoms with E-state index in [4.69, 9.17) is 5.73 Å². The van der Waals surface area contributed by atoms with E-state index in [9.17, 15) is 0 Å². The van der Waals surface area contributed by atoms with Crippen LogP contribution in [0.5, 0.6) is 0 Å². The van der Waals surface area contributed by atoms with Gasteiger partial charge in [0.25, 0.3) is 0 Å². The van der Waals surface area contributed by atoms with Crippen molar-refractivity contribution in [1.82, 2.24) is 9.88 Å². The molecule has 0 atom stereocenters. The zero-order valence-corrected chi connectivity index (χ0v) is 10.6. The third kappa shape index (κ3) is 5.83. The van der Waals surface area contributed by atoms with Crippen LogP contribution in [-0.4, -0.2) is 35.6 Å². The Hall–Kier alpha value is -0.930. The lowest BCUT2D eigenvalue weighted by Gasteiger charge is -2.23. The Kier molecular flexibility index (Phi) is 4.90. The maximum absolute atomic E-state index is 5.95. The molecule has 0 spiro atoms. The number of hydrogen-bond acceptors (Lipinski definition) is 3. The molecule has 0 saturated heterocycles. The van der Waals surface area contributed by atoms with Gasteiger partial charge in [0.2, 0.25) is 0 Å². The quantitative estimate of drug-likeness (QED) is 0.794. The predicted octanol–water partition coefficient (Wildman–Crippen LogP) is 1.68. The molecule has 1 rings (SSSR count). The average Bonchev–Trinajstić information content (AvgIpc) is 2.24. The Balaban J connectivity index is 2.23. The number of rotatable bonds is 6. The van der Waals surface area contributed by atoms with Gasteiger partial charge in [-0.05, 0) is 46.0 Å². The molecule has 0 radical (unpaired) electrons. The molecule has 1 aromatic heterocycles. The molecule has 0 aliphatic rings. The Labute approximate surface area is 98.7 Å². The van der Waals surface area contributed by atoms with Crippen LogP contribution in [0.25, 0.3) is 0 Å². The van der Waals surface area contributed by atoms with Crippen molar-refractivity contribution < 1.29 is 0 Å². The van der Waals surface area contributed by atoms with Crippen LogP contribution in [0.3, 0.4) is 0 Å². The van der Waals surface area contributed by atoms with Crippen molar-refractivity contribution >= 4 is 0 Å². The number of hydrogen-bond donors (Lipinski definition) is 1. The van der Waals surface area contributed by atoms with Crippen LogP contribution in [0.15, 0.2) is 24.4 Å². The van der Waals surface area contributed by atoms with Gasteiger partial charge in [0, 0.05) is 30.4 Å². The molecule has 0 bridgehead atoms. The van der Waals surface area contributed by atoms with E-state index in [1.54, 1.807) is 0 Å². The monoisotopic (exact) mass is 221 g/mol. The summed E-state index contributed by atoms with van der Waals surface area (Å²) < 4.78 is 0. The number of likely N-dealkylation sites (N-methyl/N-ethyl adjacent to an activating group) is 1. The lowest BCUT2D eigenvalue weighted by atomic mass is 10.0. The summed E-state index contributed by atoms with van der Waals surface area (Å²) in [6.07, 6.45) is 3.87. The lowest BCUT2D eigenvalue weighted by Crippen LogP contribution is -2.36. The molecule has 3 heteroatoms. The van der Waals surface area contributed by atoms with Gasteiger partial charge in [-0.1, -0.05) is 6.07 Å². The van der Waals surface area contributed by atoms with E-state index in [1.165, 1.54) is 0 Å². The van der Waals surface area contributed by atoms with Crippen molar-refractivity contribution in [2.24, 2.45) is 5.73 Å². The fourth-order valence-electron chi connectivity index (χ4n) is 1.44. The summed E-state index contributed by atoms with van der Waals surface area (Å²) in [6.45, 7) is 6.21. The van der Waals surface area contributed by atoms with Gasteiger partial charge in [-0.15, -0.1) is 0 Å². The Morgan fingerprint density at radius 2 is 2.06 bits per heavy atom. The lowest BCUT2D eigenvalue weighted by molar-refractivity contribution is 0.298. The molecule has 0 saturated carbocycles. The molecule has 1 aromatic rings. The second-order valence-electron chi connectivity index (χ2n) is 5.11. The van der Waals surface area contributed by atoms with Crippen molar-refractivity contribution in [2.75, 3.05) is 20.1 Å². The van der Waals surface area contributed by atoms with Crippen LogP contribution in [-0.2, 0) is 6.42 Å². The molecular weight excluding hydrogens is 198 g/mol. The maximum atomic E-state index is 5.95. The average molecular weight is 221 g/mol. The number of aromatic nitrogens is 1. The highest BCUT2D eigenvalue weighted by atomic mass is 15.1. The molecule has 0 aliphatic carbocycles. The van der Waals surface area contributed by atoms with Crippen molar-refractivity contribution in [1.29, 1.82) is 0 Å². The SMILES string of the molecule is CN(CCc1ccccn1)CCC(C)(C)N. The Bertz CT molecular complexity index is 290. The third-order valence-electron chi connectivity index (χ3n) is 2.61. The van der Waals surface area contributed by atoms with Crippen LogP contribution < -0.4 is 5.73 Å². The van der Waals surface area contributed by atoms with E-state index in [1.807, 2.05) is 18.3 Å². The summed E-state index contributed by atoms with van der Waals surface area (Å²) in [4.78, 5) is 6.62. The van der Waals surface area contributed by atoms with Crippen molar-refractivity contribution in [3.05, 3.63) is 30.1 Å². The summed E-state index contributed by atoms with van der Waals surface area (Å²) in [5, 5.41) is 0. The second kappa shape index (κ2) is 5.97. The zero-order valence-electron chi connectivity index (χ0n) is 10.6. The van der Waals surface area contributed by atoms with Crippen molar-refractivity contribution in [2.45, 2.75) is 32.2 Å². The normalized spacial score (nSPS) is 12.1. The predicted molar refractivity (Wildman–Crippen MR) is 68.3 cm³/mol. The van der Waals surface area contributed by atoms with Gasteiger partial charge in [-0.25, -0.2) is 0 Å². The zero-order chi connectivity index (χ0) is 12.0. The largest absolute Gasteiger partial charge is 0.326 e. The van der Waals surface area contributed by atoms with Crippen LogP contribution in [0.2, 0.25) is 0 Å². The van der Waals surface area contributed by atoms with Crippen LogP contribution >= 0.6 is 0 Å². The molecule has 0 amide bonds. The fraction of sp³-hybridized carbons (Fsp3) is 0.615. The van der Waals surface area contributed by atoms with E-state index in [-0.39, 0.29) is 5.54 Å². The third-order valence-corrected chi connectivity index (χ3v) is 2.61. The van der Waals surface area contributed by atoms with Gasteiger partial charge in [-0.3, -0.25) is 4.98 Å². The highest BCUT2D eigenvalue weighted by molar-refractivity contribution is 5.03. The van der Waals surface area contributed by atoms with Gasteiger partial charge in [0.15, 0.2) is 0 Å². The number of nitrogens with two attached hydrogens (primary N) is 1. The smallest absolute Gasteiger partial charge is 0.0416 e. The van der Waals surface area contributed by atoms with Crippen LogP contribution in [0.1, 0.15) is 26.0 Å². The van der Waals surface area contributed by atoms with E-state index in [0.29, 0.717) is 0 Å². The summed E-state index contributed by atoms with van der Waals surface area (Å²) in [5.41, 5.74) is 7.04. The van der Waals surface area contributed by atoms with Gasteiger partial charge in [0.05, 0.1) is 0 Å². The van der Waals surface area contributed by atoms with Gasteiger partial charge in [-0.2, -0.15) is 0 Å². The first-order chi connectivity index (χ1) is 7.47.